The van der Waals surface area contributed by atoms with Crippen molar-refractivity contribution in [2.45, 2.75) is 32.1 Å². The van der Waals surface area contributed by atoms with E-state index < -0.39 is 0 Å². The largest absolute Gasteiger partial charge is 0.338 e. The molecule has 0 N–H and O–H groups in total. The first-order chi connectivity index (χ1) is 9.78. The van der Waals surface area contributed by atoms with E-state index in [9.17, 15) is 4.79 Å². The van der Waals surface area contributed by atoms with Gasteiger partial charge in [-0.25, -0.2) is 0 Å². The van der Waals surface area contributed by atoms with E-state index in [0.717, 1.165) is 25.4 Å². The lowest BCUT2D eigenvalue weighted by atomic mass is 9.75. The molecule has 2 atom stereocenters. The molecule has 104 valence electrons. The van der Waals surface area contributed by atoms with Gasteiger partial charge in [-0.1, -0.05) is 25.3 Å². The fourth-order valence-corrected chi connectivity index (χ4v) is 3.69. The van der Waals surface area contributed by atoms with E-state index in [1.165, 1.54) is 25.7 Å². The molecule has 2 fully saturated rings. The number of fused-ring (bicyclic) bond motifs is 1. The van der Waals surface area contributed by atoms with Crippen molar-refractivity contribution in [3.63, 3.8) is 0 Å². The Balaban J connectivity index is 1.72. The molecule has 0 spiro atoms. The van der Waals surface area contributed by atoms with Crippen LogP contribution in [-0.2, 0) is 0 Å². The Labute approximate surface area is 120 Å². The smallest absolute Gasteiger partial charge is 0.253 e. The number of rotatable bonds is 1. The fraction of sp³-hybridized carbons (Fsp3) is 0.529. The number of benzene rings is 1. The Morgan fingerprint density at radius 3 is 2.80 bits per heavy atom. The number of piperidine rings is 1. The van der Waals surface area contributed by atoms with Gasteiger partial charge in [0, 0.05) is 18.7 Å². The van der Waals surface area contributed by atoms with Gasteiger partial charge in [0.05, 0.1) is 11.6 Å². The highest BCUT2D eigenvalue weighted by Gasteiger charge is 2.33. The van der Waals surface area contributed by atoms with Gasteiger partial charge >= 0.3 is 0 Å². The molecule has 1 amide bonds. The van der Waals surface area contributed by atoms with Gasteiger partial charge in [-0.05, 0) is 42.9 Å². The minimum absolute atomic E-state index is 0.0890. The van der Waals surface area contributed by atoms with Gasteiger partial charge in [0.25, 0.3) is 5.91 Å². The molecule has 3 rings (SSSR count). The highest BCUT2D eigenvalue weighted by atomic mass is 16.2. The lowest BCUT2D eigenvalue weighted by Gasteiger charge is -2.41. The molecule has 1 aliphatic carbocycles. The fourth-order valence-electron chi connectivity index (χ4n) is 3.69. The van der Waals surface area contributed by atoms with Gasteiger partial charge in [0.15, 0.2) is 0 Å². The molecule has 3 nitrogen and oxygen atoms in total. The number of amides is 1. The van der Waals surface area contributed by atoms with E-state index >= 15 is 0 Å². The predicted octanol–water partition coefficient (Wildman–Crippen LogP) is 3.21. The van der Waals surface area contributed by atoms with Crippen LogP contribution in [0.4, 0.5) is 0 Å². The number of carbonyl (C=O) groups is 1. The van der Waals surface area contributed by atoms with Crippen molar-refractivity contribution in [3.8, 4) is 6.07 Å². The summed E-state index contributed by atoms with van der Waals surface area (Å²) in [7, 11) is 0. The lowest BCUT2D eigenvalue weighted by Crippen LogP contribution is -2.44. The van der Waals surface area contributed by atoms with Crippen LogP contribution in [0.15, 0.2) is 24.3 Å². The van der Waals surface area contributed by atoms with Crippen molar-refractivity contribution in [3.05, 3.63) is 35.4 Å². The molecule has 0 unspecified atom stereocenters. The summed E-state index contributed by atoms with van der Waals surface area (Å²) >= 11 is 0. The number of nitrogens with zero attached hydrogens (tertiary/aromatic N) is 2. The quantitative estimate of drug-likeness (QED) is 0.785. The molecule has 1 saturated heterocycles. The van der Waals surface area contributed by atoms with Crippen molar-refractivity contribution in [1.82, 2.24) is 4.90 Å². The molecule has 20 heavy (non-hydrogen) atoms. The summed E-state index contributed by atoms with van der Waals surface area (Å²) in [6.45, 7) is 1.77. The van der Waals surface area contributed by atoms with Crippen LogP contribution >= 0.6 is 0 Å². The van der Waals surface area contributed by atoms with Crippen molar-refractivity contribution in [2.75, 3.05) is 13.1 Å². The molecule has 3 heteroatoms. The molecule has 1 aliphatic heterocycles. The van der Waals surface area contributed by atoms with E-state index in [1.807, 2.05) is 11.0 Å². The summed E-state index contributed by atoms with van der Waals surface area (Å²) in [6.07, 6.45) is 6.43. The first-order valence-corrected chi connectivity index (χ1v) is 7.57. The number of hydrogen-bond donors (Lipinski definition) is 0. The minimum atomic E-state index is 0.0890. The maximum absolute atomic E-state index is 12.6. The molecule has 1 aromatic carbocycles. The third-order valence-corrected chi connectivity index (χ3v) is 4.82. The predicted molar refractivity (Wildman–Crippen MR) is 77.1 cm³/mol. The molecule has 1 saturated carbocycles. The molecule has 2 aliphatic rings. The normalized spacial score (nSPS) is 25.6. The zero-order valence-electron chi connectivity index (χ0n) is 11.7. The average molecular weight is 268 g/mol. The lowest BCUT2D eigenvalue weighted by molar-refractivity contribution is 0.0521. The third kappa shape index (κ3) is 2.56. The zero-order chi connectivity index (χ0) is 13.9. The van der Waals surface area contributed by atoms with Crippen LogP contribution in [0, 0.1) is 23.2 Å². The molecular formula is C17H20N2O. The summed E-state index contributed by atoms with van der Waals surface area (Å²) in [4.78, 5) is 14.5. The summed E-state index contributed by atoms with van der Waals surface area (Å²) in [5.74, 6) is 1.62. The summed E-state index contributed by atoms with van der Waals surface area (Å²) < 4.78 is 0. The maximum atomic E-state index is 12.6. The van der Waals surface area contributed by atoms with Crippen LogP contribution in [0.1, 0.15) is 48.0 Å². The van der Waals surface area contributed by atoms with Crippen LogP contribution in [-0.4, -0.2) is 23.9 Å². The second-order valence-electron chi connectivity index (χ2n) is 6.04. The van der Waals surface area contributed by atoms with Crippen LogP contribution < -0.4 is 0 Å². The second kappa shape index (κ2) is 5.66. The second-order valence-corrected chi connectivity index (χ2v) is 6.04. The van der Waals surface area contributed by atoms with Crippen molar-refractivity contribution >= 4 is 5.91 Å². The number of likely N-dealkylation sites (tertiary alicyclic amines) is 1. The SMILES string of the molecule is N#Cc1cccc(C(=O)N2CC[C@@H]3CCCC[C@H]3C2)c1. The van der Waals surface area contributed by atoms with Gasteiger partial charge in [0.2, 0.25) is 0 Å². The van der Waals surface area contributed by atoms with Crippen molar-refractivity contribution in [1.29, 1.82) is 5.26 Å². The first-order valence-electron chi connectivity index (χ1n) is 7.57. The number of nitriles is 1. The van der Waals surface area contributed by atoms with Gasteiger partial charge < -0.3 is 4.90 Å². The van der Waals surface area contributed by atoms with E-state index in [0.29, 0.717) is 17.0 Å². The Morgan fingerprint density at radius 2 is 2.00 bits per heavy atom. The minimum Gasteiger partial charge on any atom is -0.338 e. The molecule has 0 radical (unpaired) electrons. The highest BCUT2D eigenvalue weighted by molar-refractivity contribution is 5.94. The molecule has 1 heterocycles. The Hall–Kier alpha value is -1.82. The van der Waals surface area contributed by atoms with Gasteiger partial charge in [0.1, 0.15) is 0 Å². The number of hydrogen-bond acceptors (Lipinski definition) is 2. The molecule has 1 aromatic rings. The van der Waals surface area contributed by atoms with Crippen LogP contribution in [0.25, 0.3) is 0 Å². The van der Waals surface area contributed by atoms with E-state index in [1.54, 1.807) is 18.2 Å². The van der Waals surface area contributed by atoms with Crippen LogP contribution in [0.3, 0.4) is 0 Å². The Kier molecular flexibility index (Phi) is 3.73. The maximum Gasteiger partial charge on any atom is 0.253 e. The molecular weight excluding hydrogens is 248 g/mol. The first kappa shape index (κ1) is 13.2. The van der Waals surface area contributed by atoms with E-state index in [2.05, 4.69) is 6.07 Å². The average Bonchev–Trinajstić information content (AvgIpc) is 2.53. The Morgan fingerprint density at radius 1 is 1.20 bits per heavy atom. The van der Waals surface area contributed by atoms with Crippen molar-refractivity contribution < 1.29 is 4.79 Å². The molecule has 0 aromatic heterocycles. The van der Waals surface area contributed by atoms with Gasteiger partial charge in [-0.2, -0.15) is 5.26 Å². The van der Waals surface area contributed by atoms with Crippen LogP contribution in [0.5, 0.6) is 0 Å². The topological polar surface area (TPSA) is 44.1 Å². The highest BCUT2D eigenvalue weighted by Crippen LogP contribution is 2.36. The van der Waals surface area contributed by atoms with E-state index in [-0.39, 0.29) is 5.91 Å². The Bertz CT molecular complexity index is 546. The monoisotopic (exact) mass is 268 g/mol. The van der Waals surface area contributed by atoms with Crippen LogP contribution in [0.2, 0.25) is 0 Å². The summed E-state index contributed by atoms with van der Waals surface area (Å²) in [5, 5.41) is 8.93. The number of carbonyl (C=O) groups excluding carboxylic acids is 1. The van der Waals surface area contributed by atoms with Crippen molar-refractivity contribution in [2.24, 2.45) is 11.8 Å². The van der Waals surface area contributed by atoms with E-state index in [4.69, 9.17) is 5.26 Å². The standard InChI is InChI=1S/C17H20N2O/c18-11-13-4-3-7-15(10-13)17(20)19-9-8-14-5-1-2-6-16(14)12-19/h3-4,7,10,14,16H,1-2,5-6,8-9,12H2/t14-,16-/m0/s1. The summed E-state index contributed by atoms with van der Waals surface area (Å²) in [6, 6.07) is 9.15. The van der Waals surface area contributed by atoms with Gasteiger partial charge in [-0.3, -0.25) is 4.79 Å². The summed E-state index contributed by atoms with van der Waals surface area (Å²) in [5.41, 5.74) is 1.21. The van der Waals surface area contributed by atoms with Gasteiger partial charge in [-0.15, -0.1) is 0 Å². The molecule has 0 bridgehead atoms. The zero-order valence-corrected chi connectivity index (χ0v) is 11.7. The third-order valence-electron chi connectivity index (χ3n) is 4.82.